The molecule has 3 heteroatoms. The maximum atomic E-state index is 10.7. The zero-order chi connectivity index (χ0) is 7.44. The number of hydrogen-bond acceptors (Lipinski definition) is 3. The summed E-state index contributed by atoms with van der Waals surface area (Å²) in [7, 11) is 0. The summed E-state index contributed by atoms with van der Waals surface area (Å²) < 4.78 is 0. The highest BCUT2D eigenvalue weighted by Gasteiger charge is 2.14. The lowest BCUT2D eigenvalue weighted by Crippen LogP contribution is -2.44. The molecule has 0 aliphatic heterocycles. The van der Waals surface area contributed by atoms with Crippen molar-refractivity contribution in [2.45, 2.75) is 32.4 Å². The Balaban J connectivity index is 3.72. The molecule has 0 spiro atoms. The summed E-state index contributed by atoms with van der Waals surface area (Å²) in [6.07, 6.45) is 0.475. The minimum absolute atomic E-state index is 0.0324. The van der Waals surface area contributed by atoms with Crippen LogP contribution >= 0.6 is 0 Å². The summed E-state index contributed by atoms with van der Waals surface area (Å²) in [6, 6.07) is -0.701. The van der Waals surface area contributed by atoms with Crippen molar-refractivity contribution in [3.05, 3.63) is 0 Å². The van der Waals surface area contributed by atoms with Crippen molar-refractivity contribution < 1.29 is 4.79 Å². The van der Waals surface area contributed by atoms with Crippen LogP contribution in [0, 0.1) is 0 Å². The Morgan fingerprint density at radius 1 is 1.56 bits per heavy atom. The first kappa shape index (κ1) is 8.59. The molecule has 4 N–H and O–H groups in total. The van der Waals surface area contributed by atoms with E-state index in [1.807, 2.05) is 0 Å². The second kappa shape index (κ2) is 3.58. The van der Waals surface area contributed by atoms with Crippen molar-refractivity contribution >= 4 is 5.78 Å². The van der Waals surface area contributed by atoms with Gasteiger partial charge in [-0.25, -0.2) is 0 Å². The van der Waals surface area contributed by atoms with Gasteiger partial charge in [0.2, 0.25) is 0 Å². The molecule has 2 atom stereocenters. The smallest absolute Gasteiger partial charge is 0.150 e. The van der Waals surface area contributed by atoms with Crippen molar-refractivity contribution in [3.8, 4) is 0 Å². The standard InChI is InChI=1S/C6H14N2O/c1-3-5(9)6(8)4(2)7/h4,6H,3,7-8H2,1-2H3. The minimum Gasteiger partial charge on any atom is -0.326 e. The topological polar surface area (TPSA) is 69.1 Å². The van der Waals surface area contributed by atoms with E-state index in [9.17, 15) is 4.79 Å². The van der Waals surface area contributed by atoms with E-state index in [0.717, 1.165) is 0 Å². The Kier molecular flexibility index (Phi) is 3.42. The summed E-state index contributed by atoms with van der Waals surface area (Å²) >= 11 is 0. The molecule has 2 unspecified atom stereocenters. The molecule has 0 radical (unpaired) electrons. The minimum atomic E-state index is -0.477. The van der Waals surface area contributed by atoms with Gasteiger partial charge < -0.3 is 11.5 Å². The Morgan fingerprint density at radius 2 is 2.00 bits per heavy atom. The molecule has 0 rings (SSSR count). The first-order valence-electron chi connectivity index (χ1n) is 3.13. The number of carbonyl (C=O) groups excluding carboxylic acids is 1. The third-order valence-corrected chi connectivity index (χ3v) is 1.29. The molecule has 0 heterocycles. The van der Waals surface area contributed by atoms with Crippen molar-refractivity contribution in [2.75, 3.05) is 0 Å². The van der Waals surface area contributed by atoms with Crippen molar-refractivity contribution in [1.29, 1.82) is 0 Å². The van der Waals surface area contributed by atoms with E-state index in [1.165, 1.54) is 0 Å². The van der Waals surface area contributed by atoms with E-state index < -0.39 is 6.04 Å². The number of rotatable bonds is 3. The number of Topliss-reactive ketones (excluding diaryl/α,β-unsaturated/α-hetero) is 1. The van der Waals surface area contributed by atoms with Gasteiger partial charge in [-0.3, -0.25) is 4.79 Å². The largest absolute Gasteiger partial charge is 0.326 e. The molecule has 3 nitrogen and oxygen atoms in total. The highest BCUT2D eigenvalue weighted by atomic mass is 16.1. The molecule has 0 aromatic rings. The first-order valence-corrected chi connectivity index (χ1v) is 3.13. The van der Waals surface area contributed by atoms with Crippen LogP contribution in [-0.4, -0.2) is 17.9 Å². The Labute approximate surface area is 55.4 Å². The fourth-order valence-corrected chi connectivity index (χ4v) is 0.529. The second-order valence-corrected chi connectivity index (χ2v) is 2.20. The molecule has 9 heavy (non-hydrogen) atoms. The molecule has 0 bridgehead atoms. The van der Waals surface area contributed by atoms with E-state index in [2.05, 4.69) is 0 Å². The molecule has 0 aromatic heterocycles. The fourth-order valence-electron chi connectivity index (χ4n) is 0.529. The summed E-state index contributed by atoms with van der Waals surface area (Å²) in [5.41, 5.74) is 10.8. The summed E-state index contributed by atoms with van der Waals surface area (Å²) in [4.78, 5) is 10.7. The van der Waals surface area contributed by atoms with Crippen LogP contribution in [0.5, 0.6) is 0 Å². The fraction of sp³-hybridized carbons (Fsp3) is 0.833. The molecule has 0 saturated carbocycles. The van der Waals surface area contributed by atoms with Gasteiger partial charge in [0, 0.05) is 12.5 Å². The molecule has 54 valence electrons. The van der Waals surface area contributed by atoms with E-state index in [0.29, 0.717) is 6.42 Å². The third kappa shape index (κ3) is 2.58. The van der Waals surface area contributed by atoms with Crippen molar-refractivity contribution in [2.24, 2.45) is 11.5 Å². The van der Waals surface area contributed by atoms with Crippen LogP contribution < -0.4 is 11.5 Å². The van der Waals surface area contributed by atoms with Crippen LogP contribution in [0.1, 0.15) is 20.3 Å². The van der Waals surface area contributed by atoms with Gasteiger partial charge in [0.05, 0.1) is 6.04 Å². The molecule has 0 amide bonds. The Hall–Kier alpha value is -0.410. The predicted molar refractivity (Wildman–Crippen MR) is 36.9 cm³/mol. The highest BCUT2D eigenvalue weighted by molar-refractivity contribution is 5.84. The van der Waals surface area contributed by atoms with Gasteiger partial charge >= 0.3 is 0 Å². The zero-order valence-corrected chi connectivity index (χ0v) is 5.92. The van der Waals surface area contributed by atoms with E-state index in [1.54, 1.807) is 13.8 Å². The lowest BCUT2D eigenvalue weighted by atomic mass is 10.1. The van der Waals surface area contributed by atoms with E-state index >= 15 is 0 Å². The van der Waals surface area contributed by atoms with Crippen LogP contribution in [0.4, 0.5) is 0 Å². The van der Waals surface area contributed by atoms with Crippen LogP contribution in [0.25, 0.3) is 0 Å². The maximum Gasteiger partial charge on any atom is 0.150 e. The maximum absolute atomic E-state index is 10.7. The predicted octanol–water partition coefficient (Wildman–Crippen LogP) is -0.360. The molecule has 0 aliphatic carbocycles. The van der Waals surface area contributed by atoms with Crippen LogP contribution in [0.15, 0.2) is 0 Å². The summed E-state index contributed by atoms with van der Waals surface area (Å²) in [6.45, 7) is 3.52. The Bertz CT molecular complexity index is 101. The normalized spacial score (nSPS) is 16.9. The van der Waals surface area contributed by atoms with Crippen LogP contribution in [0.2, 0.25) is 0 Å². The average molecular weight is 130 g/mol. The third-order valence-electron chi connectivity index (χ3n) is 1.29. The van der Waals surface area contributed by atoms with Gasteiger partial charge in [-0.1, -0.05) is 6.92 Å². The monoisotopic (exact) mass is 130 g/mol. The lowest BCUT2D eigenvalue weighted by molar-refractivity contribution is -0.120. The van der Waals surface area contributed by atoms with E-state index in [4.69, 9.17) is 11.5 Å². The molecular weight excluding hydrogens is 116 g/mol. The SMILES string of the molecule is CCC(=O)C(N)C(C)N. The van der Waals surface area contributed by atoms with Gasteiger partial charge in [-0.15, -0.1) is 0 Å². The first-order chi connectivity index (χ1) is 4.09. The number of ketones is 1. The quantitative estimate of drug-likeness (QED) is 0.548. The van der Waals surface area contributed by atoms with Gasteiger partial charge in [-0.2, -0.15) is 0 Å². The second-order valence-electron chi connectivity index (χ2n) is 2.20. The number of hydrogen-bond donors (Lipinski definition) is 2. The zero-order valence-electron chi connectivity index (χ0n) is 5.92. The number of carbonyl (C=O) groups is 1. The molecule has 0 aliphatic rings. The molecule has 0 aromatic carbocycles. The Morgan fingerprint density at radius 3 is 2.11 bits per heavy atom. The van der Waals surface area contributed by atoms with Gasteiger partial charge in [0.1, 0.15) is 0 Å². The van der Waals surface area contributed by atoms with Gasteiger partial charge in [-0.05, 0) is 6.92 Å². The van der Waals surface area contributed by atoms with Gasteiger partial charge in [0.15, 0.2) is 5.78 Å². The van der Waals surface area contributed by atoms with Crippen molar-refractivity contribution in [3.63, 3.8) is 0 Å². The molecular formula is C6H14N2O. The summed E-state index contributed by atoms with van der Waals surface area (Å²) in [5.74, 6) is 0.0324. The van der Waals surface area contributed by atoms with E-state index in [-0.39, 0.29) is 11.8 Å². The molecule has 0 fully saturated rings. The number of nitrogens with two attached hydrogens (primary N) is 2. The van der Waals surface area contributed by atoms with Gasteiger partial charge in [0.25, 0.3) is 0 Å². The lowest BCUT2D eigenvalue weighted by Gasteiger charge is -2.11. The van der Waals surface area contributed by atoms with Crippen LogP contribution in [0.3, 0.4) is 0 Å². The highest BCUT2D eigenvalue weighted by Crippen LogP contribution is 1.90. The average Bonchev–Trinajstić information content (AvgIpc) is 1.84. The van der Waals surface area contributed by atoms with Crippen molar-refractivity contribution in [1.82, 2.24) is 0 Å². The van der Waals surface area contributed by atoms with Crippen LogP contribution in [-0.2, 0) is 4.79 Å². The molecule has 0 saturated heterocycles. The summed E-state index contributed by atoms with van der Waals surface area (Å²) in [5, 5.41) is 0.